The number of hydrogen-bond donors (Lipinski definition) is 0. The van der Waals surface area contributed by atoms with Gasteiger partial charge in [-0.25, -0.2) is 0 Å². The molecule has 690 valence electrons. The van der Waals surface area contributed by atoms with Crippen molar-refractivity contribution in [2.24, 2.45) is 0 Å². The zero-order valence-corrected chi connectivity index (χ0v) is 82.7. The molecule has 0 radical (unpaired) electrons. The smallest absolute Gasteiger partial charge is 0.260 e. The number of fused-ring (bicyclic) bond motifs is 12. The average Bonchev–Trinajstić information content (AvgIpc) is 0.710. The molecule has 6 nitrogen and oxygen atoms in total. The lowest BCUT2D eigenvalue weighted by molar-refractivity contribution is 0.466. The second-order valence-corrected chi connectivity index (χ2v) is 39.4. The first-order valence-corrected chi connectivity index (χ1v) is 50.3. The molecule has 0 saturated carbocycles. The number of ether oxygens (including phenoxy) is 6. The molecule has 0 aromatic heterocycles. The summed E-state index contributed by atoms with van der Waals surface area (Å²) in [5, 5.41) is 0. The number of hydrogen-bond acceptors (Lipinski definition) is 6. The highest BCUT2D eigenvalue weighted by Crippen LogP contribution is 2.54. The molecule has 6 heterocycles. The predicted molar refractivity (Wildman–Crippen MR) is 605 cm³/mol. The Balaban J connectivity index is 0.000000114. The minimum absolute atomic E-state index is 0.0955. The third-order valence-corrected chi connectivity index (χ3v) is 30.5. The van der Waals surface area contributed by atoms with E-state index in [0.29, 0.717) is 0 Å². The maximum absolute atomic E-state index is 7.08. The Hall–Kier alpha value is -17.4. The van der Waals surface area contributed by atoms with Gasteiger partial charge in [0, 0.05) is 49.8 Å². The van der Waals surface area contributed by atoms with Gasteiger partial charge in [-0.15, -0.1) is 0 Å². The lowest BCUT2D eigenvalue weighted by atomic mass is 9.34. The zero-order chi connectivity index (χ0) is 97.9. The molecule has 145 heavy (non-hydrogen) atoms. The first-order chi connectivity index (χ1) is 71.1. The molecule has 0 N–H and O–H groups in total. The van der Waals surface area contributed by atoms with E-state index in [-0.39, 0.29) is 20.1 Å². The van der Waals surface area contributed by atoms with Crippen LogP contribution in [0, 0.1) is 69.2 Å². The third kappa shape index (κ3) is 15.6. The van der Waals surface area contributed by atoms with Gasteiger partial charge < -0.3 is 28.4 Å². The van der Waals surface area contributed by atoms with Crippen LogP contribution in [0.25, 0.3) is 134 Å². The molecule has 21 aromatic carbocycles. The van der Waals surface area contributed by atoms with Crippen molar-refractivity contribution in [1.82, 2.24) is 0 Å². The van der Waals surface area contributed by atoms with E-state index in [2.05, 4.69) is 500 Å². The summed E-state index contributed by atoms with van der Waals surface area (Å²) in [6, 6.07) is 154. The summed E-state index contributed by atoms with van der Waals surface area (Å²) in [5.74, 6) is 10.5. The lowest BCUT2D eigenvalue weighted by Gasteiger charge is -2.36. The highest BCUT2D eigenvalue weighted by atomic mass is 16.5. The van der Waals surface area contributed by atoms with Gasteiger partial charge >= 0.3 is 0 Å². The Morgan fingerprint density at radius 1 is 0.124 bits per heavy atom. The van der Waals surface area contributed by atoms with Crippen molar-refractivity contribution in [3.63, 3.8) is 0 Å². The summed E-state index contributed by atoms with van der Waals surface area (Å²) in [6.45, 7) is 21.5. The molecule has 0 bridgehead atoms. The molecule has 0 spiro atoms. The summed E-state index contributed by atoms with van der Waals surface area (Å²) in [5.41, 5.74) is 50.2. The number of rotatable bonds is 12. The molecule has 0 unspecified atom stereocenters. The summed E-state index contributed by atoms with van der Waals surface area (Å²) in [7, 11) is 0. The van der Waals surface area contributed by atoms with Crippen molar-refractivity contribution in [2.75, 3.05) is 0 Å². The third-order valence-electron chi connectivity index (χ3n) is 30.5. The van der Waals surface area contributed by atoms with Gasteiger partial charge in [-0.3, -0.25) is 0 Å². The van der Waals surface area contributed by atoms with Crippen LogP contribution in [0.1, 0.15) is 55.6 Å². The molecule has 6 aliphatic rings. The second-order valence-electron chi connectivity index (χ2n) is 39.4. The fourth-order valence-electron chi connectivity index (χ4n) is 23.1. The SMILES string of the molecule is Cc1ccccc1-c1ccc2c(c1)B1c3cc(-c4ccccc4)ccc3Oc3c(-c4ccccc4C)cc(-c4ccccc4C)c(c31)O2.Cc1ccccc1-c1ccc2c(c1)B1c3cc(-c4ccccc4C)ccc3Oc3c(-c4ccccc4C)cc(-c4ccccc4)c(c31)O2.Cc1ccccc1-c1ccc2c(c1)B1c3cc(-c4ccccc4C)ccc3Oc3c(-c4ccccc4C)cc(-c4ccccc4C)c(c31)O2. The van der Waals surface area contributed by atoms with Crippen molar-refractivity contribution in [3.8, 4) is 203 Å². The summed E-state index contributed by atoms with van der Waals surface area (Å²) in [4.78, 5) is 0. The number of aryl methyl sites for hydroxylation is 10. The Morgan fingerprint density at radius 3 is 0.503 bits per heavy atom. The monoisotopic (exact) mass is 1860 g/mol. The molecule has 9 heteroatoms. The lowest BCUT2D eigenvalue weighted by Crippen LogP contribution is -2.57. The van der Waals surface area contributed by atoms with Crippen LogP contribution in [0.3, 0.4) is 0 Å². The van der Waals surface area contributed by atoms with Gasteiger partial charge in [0.2, 0.25) is 0 Å². The topological polar surface area (TPSA) is 55.4 Å². The van der Waals surface area contributed by atoms with Gasteiger partial charge in [0.25, 0.3) is 20.1 Å². The first-order valence-electron chi connectivity index (χ1n) is 50.3. The largest absolute Gasteiger partial charge is 0.458 e. The van der Waals surface area contributed by atoms with Crippen LogP contribution < -0.4 is 77.6 Å². The van der Waals surface area contributed by atoms with Gasteiger partial charge in [-0.2, -0.15) is 0 Å². The second kappa shape index (κ2) is 36.6. The van der Waals surface area contributed by atoms with E-state index in [1.807, 2.05) is 0 Å². The Labute approximate surface area is 849 Å². The molecule has 21 aromatic rings. The van der Waals surface area contributed by atoms with Crippen LogP contribution in [-0.4, -0.2) is 20.1 Å². The fraction of sp³-hybridized carbons (Fsp3) is 0.0735. The average molecular weight is 1860 g/mol. The zero-order valence-electron chi connectivity index (χ0n) is 82.7. The Morgan fingerprint density at radius 2 is 0.290 bits per heavy atom. The summed E-state index contributed by atoms with van der Waals surface area (Å²) < 4.78 is 42.3. The molecule has 0 saturated heterocycles. The number of benzene rings is 21. The first kappa shape index (κ1) is 89.0. The maximum atomic E-state index is 7.08. The van der Waals surface area contributed by atoms with E-state index < -0.39 is 0 Å². The predicted octanol–water partition coefficient (Wildman–Crippen LogP) is 30.3. The van der Waals surface area contributed by atoms with Crippen LogP contribution in [-0.2, 0) is 0 Å². The Bertz CT molecular complexity index is 8460. The van der Waals surface area contributed by atoms with E-state index in [4.69, 9.17) is 28.4 Å². The van der Waals surface area contributed by atoms with Crippen molar-refractivity contribution in [2.45, 2.75) is 69.2 Å². The van der Waals surface area contributed by atoms with Gasteiger partial charge in [0.05, 0.1) is 0 Å². The van der Waals surface area contributed by atoms with Crippen molar-refractivity contribution >= 4 is 69.3 Å². The van der Waals surface area contributed by atoms with Crippen LogP contribution in [0.4, 0.5) is 0 Å². The van der Waals surface area contributed by atoms with Crippen LogP contribution in [0.15, 0.2) is 431 Å². The highest BCUT2D eigenvalue weighted by Gasteiger charge is 2.48. The highest BCUT2D eigenvalue weighted by molar-refractivity contribution is 7.00. The van der Waals surface area contributed by atoms with Crippen molar-refractivity contribution in [3.05, 3.63) is 486 Å². The van der Waals surface area contributed by atoms with Crippen molar-refractivity contribution < 1.29 is 28.4 Å². The van der Waals surface area contributed by atoms with Crippen LogP contribution in [0.2, 0.25) is 0 Å². The Kier molecular flexibility index (Phi) is 22.5. The summed E-state index contributed by atoms with van der Waals surface area (Å²) >= 11 is 0. The van der Waals surface area contributed by atoms with Gasteiger partial charge in [0.15, 0.2) is 0 Å². The van der Waals surface area contributed by atoms with Crippen LogP contribution >= 0.6 is 0 Å². The van der Waals surface area contributed by atoms with E-state index in [0.717, 1.165) is 185 Å². The standard InChI is InChI=1S/C46H35BO2.2C45H33BO2/c1-28-13-5-9-17-34(28)32-21-23-42-40(25-32)47-41-26-33(35-18-10-6-14-29(35)2)22-24-43(41)49-46-39(37-20-12-8-16-31(37)4)27-38(45(48-42)44(46)47)36-19-11-7-15-30(36)3;1-28-13-7-10-18-34(28)32-21-23-41-39(25-32)46-40-26-33(35-19-11-8-14-29(35)2)22-24-42(40)48-45-38(36-20-12-9-15-30(36)3)27-37(44(47-41)43(45)46)31-16-5-4-6-17-31;1-28-13-7-10-18-34(28)33-22-24-42-40(26-33)46-39-25-32(31-16-5-4-6-17-31)21-23-41(39)47-44-37(35-19-11-8-14-29(35)2)27-38(45(48-42)43(44)46)36-20-12-9-15-30(36)3/h5-27H,1-4H3;2*4-27H,1-3H3. The maximum Gasteiger partial charge on any atom is 0.260 e. The molecule has 0 amide bonds. The molecular formula is C136H101B3O6. The minimum Gasteiger partial charge on any atom is -0.458 e. The van der Waals surface area contributed by atoms with E-state index in [1.165, 1.54) is 122 Å². The summed E-state index contributed by atoms with van der Waals surface area (Å²) in [6.07, 6.45) is 0. The molecule has 0 fully saturated rings. The molecule has 27 rings (SSSR count). The van der Waals surface area contributed by atoms with Gasteiger partial charge in [-0.1, -0.05) is 376 Å². The van der Waals surface area contributed by atoms with Gasteiger partial charge in [0.1, 0.15) is 69.0 Å². The minimum atomic E-state index is -0.0998. The molecule has 0 aliphatic carbocycles. The van der Waals surface area contributed by atoms with E-state index in [1.54, 1.807) is 0 Å². The quantitative estimate of drug-likeness (QED) is 0.114. The van der Waals surface area contributed by atoms with Gasteiger partial charge in [-0.05, 0) is 312 Å². The molecular weight excluding hydrogens is 1760 g/mol. The van der Waals surface area contributed by atoms with E-state index in [9.17, 15) is 0 Å². The van der Waals surface area contributed by atoms with Crippen LogP contribution in [0.5, 0.6) is 69.0 Å². The molecule has 6 aliphatic heterocycles. The normalized spacial score (nSPS) is 12.4. The fourth-order valence-corrected chi connectivity index (χ4v) is 23.1. The van der Waals surface area contributed by atoms with E-state index >= 15 is 0 Å². The molecule has 0 atom stereocenters. The van der Waals surface area contributed by atoms with Crippen molar-refractivity contribution in [1.29, 1.82) is 0 Å².